The van der Waals surface area contributed by atoms with Gasteiger partial charge in [0.25, 0.3) is 0 Å². The molecule has 2 amide bonds. The van der Waals surface area contributed by atoms with Crippen LogP contribution in [0.5, 0.6) is 0 Å². The highest BCUT2D eigenvalue weighted by Crippen LogP contribution is 2.26. The molecule has 1 atom stereocenters. The van der Waals surface area contributed by atoms with Gasteiger partial charge < -0.3 is 20.0 Å². The Morgan fingerprint density at radius 1 is 1.39 bits per heavy atom. The lowest BCUT2D eigenvalue weighted by molar-refractivity contribution is -0.125. The standard InChI is InChI=1S/C24H26N4O3/c1-15-19(18-6-4-5-7-21(18)31-15)14-28(3)22(29)11-8-16-12-17-9-10-20(25-2)24(30)27-23(17)26-13-16/h4-8,11-13,20,25H,9-10,14H2,1-3H3,(H,26,27,30)/b11-8+/t20-/m0/s1. The molecule has 0 fully saturated rings. The molecule has 0 spiro atoms. The van der Waals surface area contributed by atoms with Crippen LogP contribution in [0, 0.1) is 6.92 Å². The number of fused-ring (bicyclic) bond motifs is 2. The molecule has 1 aromatic carbocycles. The smallest absolute Gasteiger partial charge is 0.246 e. The number of nitrogens with zero attached hydrogens (tertiary/aromatic N) is 2. The van der Waals surface area contributed by atoms with Crippen LogP contribution in [0.25, 0.3) is 17.0 Å². The number of rotatable bonds is 5. The predicted octanol–water partition coefficient (Wildman–Crippen LogP) is 3.28. The van der Waals surface area contributed by atoms with Crippen molar-refractivity contribution in [2.24, 2.45) is 0 Å². The van der Waals surface area contributed by atoms with E-state index in [4.69, 9.17) is 4.42 Å². The summed E-state index contributed by atoms with van der Waals surface area (Å²) in [7, 11) is 3.55. The molecule has 3 aromatic rings. The van der Waals surface area contributed by atoms with Gasteiger partial charge in [0.2, 0.25) is 11.8 Å². The van der Waals surface area contributed by atoms with Crippen molar-refractivity contribution < 1.29 is 14.0 Å². The number of furan rings is 1. The van der Waals surface area contributed by atoms with Crippen LogP contribution in [0.1, 0.15) is 28.9 Å². The van der Waals surface area contributed by atoms with Crippen LogP contribution >= 0.6 is 0 Å². The Labute approximate surface area is 181 Å². The third-order valence-corrected chi connectivity index (χ3v) is 5.69. The first-order valence-electron chi connectivity index (χ1n) is 10.3. The lowest BCUT2D eigenvalue weighted by Crippen LogP contribution is -2.37. The normalized spacial score (nSPS) is 16.2. The van der Waals surface area contributed by atoms with Crippen LogP contribution in [-0.4, -0.2) is 41.8 Å². The fourth-order valence-electron chi connectivity index (χ4n) is 3.86. The van der Waals surface area contributed by atoms with Gasteiger partial charge in [-0.3, -0.25) is 9.59 Å². The van der Waals surface area contributed by atoms with Crippen molar-refractivity contribution in [3.63, 3.8) is 0 Å². The Balaban J connectivity index is 1.46. The highest BCUT2D eigenvalue weighted by atomic mass is 16.3. The number of para-hydroxylation sites is 1. The molecule has 2 N–H and O–H groups in total. The van der Waals surface area contributed by atoms with E-state index < -0.39 is 0 Å². The van der Waals surface area contributed by atoms with Crippen molar-refractivity contribution >= 4 is 34.7 Å². The van der Waals surface area contributed by atoms with Crippen molar-refractivity contribution in [2.45, 2.75) is 32.4 Å². The lowest BCUT2D eigenvalue weighted by atomic mass is 10.1. The van der Waals surface area contributed by atoms with Crippen LogP contribution in [-0.2, 0) is 22.6 Å². The number of pyridine rings is 1. The van der Waals surface area contributed by atoms with E-state index in [0.717, 1.165) is 39.8 Å². The summed E-state index contributed by atoms with van der Waals surface area (Å²) in [6.45, 7) is 2.38. The quantitative estimate of drug-likeness (QED) is 0.621. The van der Waals surface area contributed by atoms with Gasteiger partial charge in [0, 0.05) is 36.8 Å². The fraction of sp³-hybridized carbons (Fsp3) is 0.292. The molecular weight excluding hydrogens is 392 g/mol. The van der Waals surface area contributed by atoms with Gasteiger partial charge in [-0.1, -0.05) is 18.2 Å². The van der Waals surface area contributed by atoms with Crippen molar-refractivity contribution in [1.29, 1.82) is 0 Å². The maximum absolute atomic E-state index is 12.7. The van der Waals surface area contributed by atoms with Crippen LogP contribution in [0.15, 0.2) is 47.0 Å². The molecule has 2 aromatic heterocycles. The zero-order valence-electron chi connectivity index (χ0n) is 17.9. The van der Waals surface area contributed by atoms with Gasteiger partial charge in [0.15, 0.2) is 0 Å². The fourth-order valence-corrected chi connectivity index (χ4v) is 3.86. The van der Waals surface area contributed by atoms with E-state index >= 15 is 0 Å². The molecular formula is C24H26N4O3. The van der Waals surface area contributed by atoms with Gasteiger partial charge >= 0.3 is 0 Å². The molecule has 1 aliphatic rings. The predicted molar refractivity (Wildman–Crippen MR) is 120 cm³/mol. The Bertz CT molecular complexity index is 1160. The summed E-state index contributed by atoms with van der Waals surface area (Å²) >= 11 is 0. The number of carbonyl (C=O) groups excluding carboxylic acids is 2. The van der Waals surface area contributed by atoms with E-state index in [2.05, 4.69) is 15.6 Å². The summed E-state index contributed by atoms with van der Waals surface area (Å²) < 4.78 is 5.80. The second-order valence-corrected chi connectivity index (χ2v) is 7.81. The molecule has 0 saturated carbocycles. The molecule has 0 unspecified atom stereocenters. The summed E-state index contributed by atoms with van der Waals surface area (Å²) in [5.41, 5.74) is 3.63. The number of carbonyl (C=O) groups is 2. The average molecular weight is 418 g/mol. The molecule has 0 aliphatic carbocycles. The van der Waals surface area contributed by atoms with Gasteiger partial charge in [0.05, 0.1) is 6.04 Å². The zero-order valence-corrected chi connectivity index (χ0v) is 17.9. The molecule has 0 radical (unpaired) electrons. The Morgan fingerprint density at radius 3 is 3.00 bits per heavy atom. The van der Waals surface area contributed by atoms with Crippen molar-refractivity contribution in [3.8, 4) is 0 Å². The topological polar surface area (TPSA) is 87.5 Å². The van der Waals surface area contributed by atoms with Gasteiger partial charge in [0.1, 0.15) is 17.2 Å². The minimum Gasteiger partial charge on any atom is -0.461 e. The third-order valence-electron chi connectivity index (χ3n) is 5.69. The first-order valence-corrected chi connectivity index (χ1v) is 10.3. The monoisotopic (exact) mass is 418 g/mol. The lowest BCUT2D eigenvalue weighted by Gasteiger charge is -2.15. The van der Waals surface area contributed by atoms with Gasteiger partial charge in [-0.05, 0) is 56.1 Å². The largest absolute Gasteiger partial charge is 0.461 e. The van der Waals surface area contributed by atoms with Crippen LogP contribution < -0.4 is 10.6 Å². The van der Waals surface area contributed by atoms with E-state index in [1.54, 1.807) is 37.3 Å². The molecule has 0 saturated heterocycles. The average Bonchev–Trinajstić information content (AvgIpc) is 2.98. The molecule has 3 heterocycles. The number of aryl methyl sites for hydroxylation is 2. The van der Waals surface area contributed by atoms with Gasteiger partial charge in [-0.15, -0.1) is 0 Å². The van der Waals surface area contributed by atoms with Crippen molar-refractivity contribution in [2.75, 3.05) is 19.4 Å². The maximum atomic E-state index is 12.7. The highest BCUT2D eigenvalue weighted by Gasteiger charge is 2.22. The number of aromatic nitrogens is 1. The van der Waals surface area contributed by atoms with E-state index in [0.29, 0.717) is 18.8 Å². The van der Waals surface area contributed by atoms with Crippen LogP contribution in [0.2, 0.25) is 0 Å². The van der Waals surface area contributed by atoms with Crippen LogP contribution in [0.4, 0.5) is 5.82 Å². The second kappa shape index (κ2) is 8.73. The Hall–Kier alpha value is -3.45. The first-order chi connectivity index (χ1) is 15.0. The SMILES string of the molecule is CN[C@H]1CCc2cc(/C=C/C(=O)N(C)Cc3c(C)oc4ccccc34)cnc2NC1=O. The molecule has 0 bridgehead atoms. The second-order valence-electron chi connectivity index (χ2n) is 7.81. The number of hydrogen-bond acceptors (Lipinski definition) is 5. The summed E-state index contributed by atoms with van der Waals surface area (Å²) in [4.78, 5) is 30.9. The number of benzene rings is 1. The van der Waals surface area contributed by atoms with Gasteiger partial charge in [-0.25, -0.2) is 4.98 Å². The molecule has 7 heteroatoms. The Morgan fingerprint density at radius 2 is 2.19 bits per heavy atom. The third kappa shape index (κ3) is 4.36. The molecule has 7 nitrogen and oxygen atoms in total. The number of amides is 2. The molecule has 4 rings (SSSR count). The molecule has 1 aliphatic heterocycles. The minimum atomic E-state index is -0.231. The molecule has 31 heavy (non-hydrogen) atoms. The number of hydrogen-bond donors (Lipinski definition) is 2. The van der Waals surface area contributed by atoms with E-state index in [1.807, 2.05) is 37.3 Å². The van der Waals surface area contributed by atoms with E-state index in [-0.39, 0.29) is 17.9 Å². The number of nitrogens with one attached hydrogen (secondary N) is 2. The summed E-state index contributed by atoms with van der Waals surface area (Å²) in [5.74, 6) is 1.23. The van der Waals surface area contributed by atoms with Crippen LogP contribution in [0.3, 0.4) is 0 Å². The Kier molecular flexibility index (Phi) is 5.86. The highest BCUT2D eigenvalue weighted by molar-refractivity contribution is 5.96. The zero-order chi connectivity index (χ0) is 22.0. The number of anilines is 1. The number of likely N-dealkylation sites (N-methyl/N-ethyl adjacent to an activating group) is 2. The summed E-state index contributed by atoms with van der Waals surface area (Å²) in [5, 5.41) is 6.90. The maximum Gasteiger partial charge on any atom is 0.246 e. The van der Waals surface area contributed by atoms with Gasteiger partial charge in [-0.2, -0.15) is 0 Å². The van der Waals surface area contributed by atoms with E-state index in [1.165, 1.54) is 0 Å². The molecule has 160 valence electrons. The first kappa shape index (κ1) is 20.8. The van der Waals surface area contributed by atoms with Crippen molar-refractivity contribution in [1.82, 2.24) is 15.2 Å². The minimum absolute atomic E-state index is 0.0732. The summed E-state index contributed by atoms with van der Waals surface area (Å²) in [6, 6.07) is 9.58. The van der Waals surface area contributed by atoms with Crippen molar-refractivity contribution in [3.05, 3.63) is 65.1 Å². The summed E-state index contributed by atoms with van der Waals surface area (Å²) in [6.07, 6.45) is 6.40. The van der Waals surface area contributed by atoms with E-state index in [9.17, 15) is 9.59 Å².